The van der Waals surface area contributed by atoms with Crippen LogP contribution in [0.2, 0.25) is 5.02 Å². The van der Waals surface area contributed by atoms with Gasteiger partial charge in [0.05, 0.1) is 23.9 Å². The number of hydrogen-bond donors (Lipinski definition) is 0. The summed E-state index contributed by atoms with van der Waals surface area (Å²) >= 11 is 8.03. The van der Waals surface area contributed by atoms with Gasteiger partial charge in [-0.05, 0) is 36.2 Å². The third kappa shape index (κ3) is 6.37. The molecule has 2 aromatic carbocycles. The second-order valence-corrected chi connectivity index (χ2v) is 10.5. The maximum absolute atomic E-state index is 12.9. The quantitative estimate of drug-likeness (QED) is 0.317. The van der Waals surface area contributed by atoms with Crippen molar-refractivity contribution >= 4 is 40.8 Å². The summed E-state index contributed by atoms with van der Waals surface area (Å²) < 4.78 is 5.38. The van der Waals surface area contributed by atoms with Crippen molar-refractivity contribution in [2.75, 3.05) is 62.3 Å². The number of carbonyl (C=O) groups is 1. The van der Waals surface area contributed by atoms with Crippen LogP contribution < -0.4 is 9.80 Å². The molecule has 9 heteroatoms. The van der Waals surface area contributed by atoms with E-state index in [0.717, 1.165) is 71.1 Å². The average molecular weight is 538 g/mol. The number of anilines is 2. The highest BCUT2D eigenvalue weighted by atomic mass is 35.5. The molecular weight excluding hydrogens is 506 g/mol. The number of amides is 1. The van der Waals surface area contributed by atoms with Crippen LogP contribution >= 0.6 is 23.4 Å². The molecule has 0 unspecified atom stereocenters. The molecule has 2 aliphatic rings. The first kappa shape index (κ1) is 25.8. The van der Waals surface area contributed by atoms with Crippen molar-refractivity contribution in [2.24, 2.45) is 0 Å². The fraction of sp³-hybridized carbons (Fsp3) is 0.393. The number of carbonyl (C=O) groups excluding carboxylic acids is 1. The van der Waals surface area contributed by atoms with Gasteiger partial charge in [0.1, 0.15) is 5.82 Å². The predicted octanol–water partition coefficient (Wildman–Crippen LogP) is 4.78. The molecule has 0 spiro atoms. The molecule has 0 aliphatic carbocycles. The van der Waals surface area contributed by atoms with Crippen LogP contribution in [-0.4, -0.2) is 73.3 Å². The second kappa shape index (κ2) is 12.2. The Bertz CT molecular complexity index is 1230. The van der Waals surface area contributed by atoms with Crippen molar-refractivity contribution in [3.05, 3.63) is 76.4 Å². The van der Waals surface area contributed by atoms with Crippen molar-refractivity contribution in [1.82, 2.24) is 14.9 Å². The Labute approximate surface area is 227 Å². The number of aryl methyl sites for hydroxylation is 1. The van der Waals surface area contributed by atoms with Gasteiger partial charge in [0.2, 0.25) is 0 Å². The fourth-order valence-corrected chi connectivity index (χ4v) is 5.71. The second-order valence-electron chi connectivity index (χ2n) is 9.17. The van der Waals surface area contributed by atoms with E-state index < -0.39 is 0 Å². The smallest absolute Gasteiger partial charge is 0.254 e. The topological polar surface area (TPSA) is 61.8 Å². The van der Waals surface area contributed by atoms with E-state index in [2.05, 4.69) is 34.9 Å². The van der Waals surface area contributed by atoms with Gasteiger partial charge in [0.25, 0.3) is 5.91 Å². The summed E-state index contributed by atoms with van der Waals surface area (Å²) in [6, 6.07) is 18.0. The highest BCUT2D eigenvalue weighted by Gasteiger charge is 2.21. The van der Waals surface area contributed by atoms with E-state index >= 15 is 0 Å². The van der Waals surface area contributed by atoms with Crippen LogP contribution in [0.4, 0.5) is 11.5 Å². The van der Waals surface area contributed by atoms with Crippen molar-refractivity contribution in [1.29, 1.82) is 0 Å². The third-order valence-electron chi connectivity index (χ3n) is 6.74. The number of nitrogens with zero attached hydrogens (tertiary/aromatic N) is 5. The van der Waals surface area contributed by atoms with Gasteiger partial charge in [-0.15, -0.1) is 0 Å². The summed E-state index contributed by atoms with van der Waals surface area (Å²) in [6.07, 6.45) is 0.853. The van der Waals surface area contributed by atoms with E-state index in [1.54, 1.807) is 11.8 Å². The van der Waals surface area contributed by atoms with Gasteiger partial charge in [-0.2, -0.15) is 0 Å². The number of para-hydroxylation sites is 1. The van der Waals surface area contributed by atoms with Crippen LogP contribution in [0, 0.1) is 0 Å². The highest BCUT2D eigenvalue weighted by molar-refractivity contribution is 7.98. The van der Waals surface area contributed by atoms with Crippen LogP contribution in [0.15, 0.2) is 59.8 Å². The summed E-state index contributed by atoms with van der Waals surface area (Å²) in [7, 11) is 0. The Balaban J connectivity index is 1.24. The molecule has 2 saturated heterocycles. The van der Waals surface area contributed by atoms with E-state index in [0.29, 0.717) is 32.1 Å². The van der Waals surface area contributed by atoms with Crippen LogP contribution in [0.1, 0.15) is 28.5 Å². The molecule has 7 nitrogen and oxygen atoms in total. The number of piperazine rings is 1. The molecular formula is C28H32ClN5O2S. The van der Waals surface area contributed by atoms with Crippen LogP contribution in [0.25, 0.3) is 0 Å². The molecule has 1 amide bonds. The van der Waals surface area contributed by atoms with Gasteiger partial charge in [0, 0.05) is 62.3 Å². The molecule has 0 N–H and O–H groups in total. The molecule has 0 bridgehead atoms. The number of benzene rings is 2. The van der Waals surface area contributed by atoms with E-state index in [1.165, 1.54) is 0 Å². The molecule has 2 aliphatic heterocycles. The van der Waals surface area contributed by atoms with Gasteiger partial charge in [-0.1, -0.05) is 54.6 Å². The van der Waals surface area contributed by atoms with Crippen molar-refractivity contribution in [3.8, 4) is 0 Å². The zero-order chi connectivity index (χ0) is 25.6. The highest BCUT2D eigenvalue weighted by Crippen LogP contribution is 2.28. The first-order valence-electron chi connectivity index (χ1n) is 12.8. The fourth-order valence-electron chi connectivity index (χ4n) is 4.64. The Morgan fingerprint density at radius 2 is 1.70 bits per heavy atom. The molecule has 3 aromatic rings. The minimum absolute atomic E-state index is 0.0672. The monoisotopic (exact) mass is 537 g/mol. The number of aromatic nitrogens is 2. The van der Waals surface area contributed by atoms with Crippen LogP contribution in [0.3, 0.4) is 0 Å². The minimum atomic E-state index is 0.0672. The SMILES string of the molecule is CCc1cc(N2CCN(c3ccccc3Cl)CC2)nc(SCc2cccc(C(=O)N3CCOCC3)c2)n1. The van der Waals surface area contributed by atoms with Gasteiger partial charge < -0.3 is 19.4 Å². The minimum Gasteiger partial charge on any atom is -0.378 e. The maximum Gasteiger partial charge on any atom is 0.254 e. The molecule has 194 valence electrons. The lowest BCUT2D eigenvalue weighted by molar-refractivity contribution is 0.0303. The zero-order valence-electron chi connectivity index (χ0n) is 21.1. The molecule has 3 heterocycles. The molecule has 0 radical (unpaired) electrons. The average Bonchev–Trinajstić information content (AvgIpc) is 2.96. The zero-order valence-corrected chi connectivity index (χ0v) is 22.7. The number of rotatable bonds is 7. The number of ether oxygens (including phenoxy) is 1. The maximum atomic E-state index is 12.9. The van der Waals surface area contributed by atoms with Crippen molar-refractivity contribution in [3.63, 3.8) is 0 Å². The summed E-state index contributed by atoms with van der Waals surface area (Å²) in [4.78, 5) is 29.1. The molecule has 5 rings (SSSR count). The lowest BCUT2D eigenvalue weighted by Gasteiger charge is -2.37. The Hall–Kier alpha value is -2.81. The largest absolute Gasteiger partial charge is 0.378 e. The van der Waals surface area contributed by atoms with E-state index in [4.69, 9.17) is 26.3 Å². The lowest BCUT2D eigenvalue weighted by Crippen LogP contribution is -2.47. The van der Waals surface area contributed by atoms with Gasteiger partial charge in [-0.25, -0.2) is 9.97 Å². The standard InChI is InChI=1S/C28H32ClN5O2S/c1-2-23-19-26(33-12-10-32(11-13-33)25-9-4-3-8-24(25)29)31-28(30-23)37-20-21-6-5-7-22(18-21)27(35)34-14-16-36-17-15-34/h3-9,18-19H,2,10-17,20H2,1H3. The van der Waals surface area contributed by atoms with Crippen LogP contribution in [-0.2, 0) is 16.9 Å². The van der Waals surface area contributed by atoms with E-state index in [9.17, 15) is 4.79 Å². The normalized spacial score (nSPS) is 16.2. The van der Waals surface area contributed by atoms with Gasteiger partial charge >= 0.3 is 0 Å². The first-order valence-corrected chi connectivity index (χ1v) is 14.2. The van der Waals surface area contributed by atoms with E-state index in [1.807, 2.05) is 41.3 Å². The number of halogens is 1. The summed E-state index contributed by atoms with van der Waals surface area (Å²) in [5, 5.41) is 1.56. The molecule has 0 saturated carbocycles. The molecule has 37 heavy (non-hydrogen) atoms. The van der Waals surface area contributed by atoms with Crippen molar-refractivity contribution < 1.29 is 9.53 Å². The number of hydrogen-bond acceptors (Lipinski definition) is 7. The molecule has 0 atom stereocenters. The predicted molar refractivity (Wildman–Crippen MR) is 150 cm³/mol. The van der Waals surface area contributed by atoms with Gasteiger partial charge in [0.15, 0.2) is 5.16 Å². The van der Waals surface area contributed by atoms with Gasteiger partial charge in [-0.3, -0.25) is 4.79 Å². The summed E-state index contributed by atoms with van der Waals surface area (Å²) in [5.41, 5.74) is 3.94. The Kier molecular flexibility index (Phi) is 8.48. The van der Waals surface area contributed by atoms with Crippen molar-refractivity contribution in [2.45, 2.75) is 24.3 Å². The molecule has 1 aromatic heterocycles. The first-order chi connectivity index (χ1) is 18.1. The third-order valence-corrected chi connectivity index (χ3v) is 7.98. The number of morpholine rings is 1. The Morgan fingerprint density at radius 3 is 2.46 bits per heavy atom. The summed E-state index contributed by atoms with van der Waals surface area (Å²) in [6.45, 7) is 8.14. The Morgan fingerprint density at radius 1 is 0.946 bits per heavy atom. The van der Waals surface area contributed by atoms with E-state index in [-0.39, 0.29) is 5.91 Å². The lowest BCUT2D eigenvalue weighted by atomic mass is 10.1. The van der Waals surface area contributed by atoms with Crippen LogP contribution in [0.5, 0.6) is 0 Å². The number of thioether (sulfide) groups is 1. The molecule has 2 fully saturated rings. The summed E-state index contributed by atoms with van der Waals surface area (Å²) in [5.74, 6) is 1.75.